The zero-order valence-electron chi connectivity index (χ0n) is 14.3. The van der Waals surface area contributed by atoms with E-state index in [1.54, 1.807) is 33.9 Å². The van der Waals surface area contributed by atoms with Gasteiger partial charge in [-0.1, -0.05) is 0 Å². The van der Waals surface area contributed by atoms with Crippen LogP contribution in [0.4, 0.5) is 0 Å². The zero-order valence-corrected chi connectivity index (χ0v) is 15.9. The van der Waals surface area contributed by atoms with Crippen LogP contribution in [0.25, 0.3) is 0 Å². The molecule has 2 amide bonds. The first-order valence-electron chi connectivity index (χ1n) is 7.58. The lowest BCUT2D eigenvalue weighted by Gasteiger charge is -2.20. The summed E-state index contributed by atoms with van der Waals surface area (Å²) in [6.45, 7) is 5.68. The Morgan fingerprint density at radius 2 is 1.96 bits per heavy atom. The first-order chi connectivity index (χ1) is 11.1. The fraction of sp³-hybridized carbons (Fsp3) is 0.562. The van der Waals surface area contributed by atoms with Gasteiger partial charge in [0, 0.05) is 20.0 Å². The van der Waals surface area contributed by atoms with E-state index >= 15 is 0 Å². The molecule has 0 aliphatic carbocycles. The van der Waals surface area contributed by atoms with Gasteiger partial charge in [0.25, 0.3) is 5.91 Å². The highest BCUT2D eigenvalue weighted by Gasteiger charge is 2.17. The fourth-order valence-corrected chi connectivity index (χ4v) is 2.10. The fourth-order valence-electron chi connectivity index (χ4n) is 1.79. The first-order valence-corrected chi connectivity index (χ1v) is 8.37. The van der Waals surface area contributed by atoms with E-state index in [0.29, 0.717) is 17.6 Å². The third-order valence-corrected chi connectivity index (χ3v) is 3.34. The number of esters is 1. The molecule has 0 atom stereocenters. The lowest BCUT2D eigenvalue weighted by Crippen LogP contribution is -2.38. The quantitative estimate of drug-likeness (QED) is 0.707. The van der Waals surface area contributed by atoms with Crippen molar-refractivity contribution in [2.24, 2.45) is 0 Å². The topological polar surface area (TPSA) is 88.9 Å². The average molecular weight is 403 g/mol. The number of nitrogens with one attached hydrogen (secondary N) is 1. The smallest absolute Gasteiger partial charge is 0.306 e. The zero-order chi connectivity index (χ0) is 18.3. The number of hydrogen-bond acceptors (Lipinski definition) is 5. The van der Waals surface area contributed by atoms with Crippen LogP contribution >= 0.6 is 15.9 Å². The molecule has 0 spiro atoms. The number of halogens is 1. The molecular formula is C16H23BrN2O5. The van der Waals surface area contributed by atoms with E-state index in [0.717, 1.165) is 0 Å². The second kappa shape index (κ2) is 8.86. The Balaban J connectivity index is 2.27. The molecular weight excluding hydrogens is 380 g/mol. The van der Waals surface area contributed by atoms with Gasteiger partial charge in [-0.25, -0.2) is 0 Å². The van der Waals surface area contributed by atoms with E-state index in [4.69, 9.17) is 9.15 Å². The molecule has 1 rings (SSSR count). The van der Waals surface area contributed by atoms with Crippen LogP contribution in [0.15, 0.2) is 21.2 Å². The third-order valence-electron chi connectivity index (χ3n) is 2.92. The van der Waals surface area contributed by atoms with Gasteiger partial charge < -0.3 is 19.4 Å². The molecule has 0 aliphatic rings. The van der Waals surface area contributed by atoms with Gasteiger partial charge in [-0.15, -0.1) is 0 Å². The molecule has 1 N–H and O–H groups in total. The van der Waals surface area contributed by atoms with Gasteiger partial charge in [0.05, 0.1) is 6.54 Å². The van der Waals surface area contributed by atoms with Gasteiger partial charge in [0.1, 0.15) is 5.60 Å². The van der Waals surface area contributed by atoms with Crippen LogP contribution in [0.1, 0.15) is 44.2 Å². The van der Waals surface area contributed by atoms with Crippen LogP contribution in [0.3, 0.4) is 0 Å². The van der Waals surface area contributed by atoms with Crippen LogP contribution in [-0.2, 0) is 14.3 Å². The second-order valence-electron chi connectivity index (χ2n) is 6.29. The van der Waals surface area contributed by atoms with Crippen LogP contribution in [0.5, 0.6) is 0 Å². The van der Waals surface area contributed by atoms with E-state index in [9.17, 15) is 14.4 Å². The van der Waals surface area contributed by atoms with Crippen molar-refractivity contribution in [3.8, 4) is 0 Å². The van der Waals surface area contributed by atoms with Crippen molar-refractivity contribution in [2.45, 2.75) is 39.2 Å². The van der Waals surface area contributed by atoms with Gasteiger partial charge in [0.15, 0.2) is 10.4 Å². The molecule has 0 aromatic carbocycles. The van der Waals surface area contributed by atoms with Crippen LogP contribution < -0.4 is 5.32 Å². The number of furan rings is 1. The number of amides is 2. The Kier molecular flexibility index (Phi) is 7.47. The van der Waals surface area contributed by atoms with E-state index in [2.05, 4.69) is 21.2 Å². The van der Waals surface area contributed by atoms with Crippen molar-refractivity contribution in [3.63, 3.8) is 0 Å². The largest absolute Gasteiger partial charge is 0.460 e. The summed E-state index contributed by atoms with van der Waals surface area (Å²) >= 11 is 3.10. The summed E-state index contributed by atoms with van der Waals surface area (Å²) in [5, 5.41) is 2.49. The summed E-state index contributed by atoms with van der Waals surface area (Å²) in [7, 11) is 1.62. The minimum atomic E-state index is -0.510. The highest BCUT2D eigenvalue weighted by Crippen LogP contribution is 2.13. The minimum absolute atomic E-state index is 0.127. The molecule has 24 heavy (non-hydrogen) atoms. The molecule has 7 nitrogen and oxygen atoms in total. The standard InChI is InChI=1S/C16H23BrN2O5/c1-16(2,3)24-14(21)6-5-9-19(4)13(20)10-18-15(22)11-7-8-12(17)23-11/h7-8H,5-6,9-10H2,1-4H3,(H,18,22). The molecule has 0 saturated carbocycles. The molecule has 1 aromatic rings. The summed E-state index contributed by atoms with van der Waals surface area (Å²) in [4.78, 5) is 36.8. The second-order valence-corrected chi connectivity index (χ2v) is 7.07. The molecule has 0 aliphatic heterocycles. The molecule has 0 saturated heterocycles. The Morgan fingerprint density at radius 1 is 1.29 bits per heavy atom. The van der Waals surface area contributed by atoms with E-state index < -0.39 is 11.5 Å². The van der Waals surface area contributed by atoms with Gasteiger partial charge in [-0.05, 0) is 55.3 Å². The maximum Gasteiger partial charge on any atom is 0.306 e. The number of ether oxygens (including phenoxy) is 1. The van der Waals surface area contributed by atoms with Crippen molar-refractivity contribution in [2.75, 3.05) is 20.1 Å². The number of likely N-dealkylation sites (N-methyl/N-ethyl adjacent to an activating group) is 1. The molecule has 0 radical (unpaired) electrons. The van der Waals surface area contributed by atoms with E-state index in [1.807, 2.05) is 0 Å². The highest BCUT2D eigenvalue weighted by molar-refractivity contribution is 9.10. The Labute approximate surface area is 149 Å². The molecule has 8 heteroatoms. The maximum atomic E-state index is 11.9. The van der Waals surface area contributed by atoms with Gasteiger partial charge in [0.2, 0.25) is 5.91 Å². The van der Waals surface area contributed by atoms with Crippen LogP contribution in [0, 0.1) is 0 Å². The van der Waals surface area contributed by atoms with Crippen LogP contribution in [-0.4, -0.2) is 48.4 Å². The van der Waals surface area contributed by atoms with E-state index in [-0.39, 0.29) is 30.6 Å². The number of rotatable bonds is 7. The summed E-state index contributed by atoms with van der Waals surface area (Å²) in [6, 6.07) is 3.11. The minimum Gasteiger partial charge on any atom is -0.460 e. The normalized spacial score (nSPS) is 11.0. The summed E-state index contributed by atoms with van der Waals surface area (Å²) in [6.07, 6.45) is 0.734. The third kappa shape index (κ3) is 7.63. The molecule has 0 unspecified atom stereocenters. The Bertz CT molecular complexity index is 592. The van der Waals surface area contributed by atoms with E-state index in [1.165, 1.54) is 11.0 Å². The number of nitrogens with zero attached hydrogens (tertiary/aromatic N) is 1. The Morgan fingerprint density at radius 3 is 2.50 bits per heavy atom. The summed E-state index contributed by atoms with van der Waals surface area (Å²) in [5.74, 6) is -0.878. The number of carbonyl (C=O) groups is 3. The van der Waals surface area contributed by atoms with Crippen molar-refractivity contribution in [3.05, 3.63) is 22.6 Å². The molecule has 0 fully saturated rings. The maximum absolute atomic E-state index is 11.9. The number of hydrogen-bond donors (Lipinski definition) is 1. The van der Waals surface area contributed by atoms with Crippen molar-refractivity contribution < 1.29 is 23.5 Å². The van der Waals surface area contributed by atoms with Crippen molar-refractivity contribution in [1.29, 1.82) is 0 Å². The average Bonchev–Trinajstić information content (AvgIpc) is 2.88. The highest BCUT2D eigenvalue weighted by atomic mass is 79.9. The van der Waals surface area contributed by atoms with Gasteiger partial charge in [-0.3, -0.25) is 14.4 Å². The van der Waals surface area contributed by atoms with Crippen molar-refractivity contribution >= 4 is 33.7 Å². The summed E-state index contributed by atoms with van der Waals surface area (Å²) in [5.41, 5.74) is -0.510. The monoisotopic (exact) mass is 402 g/mol. The predicted molar refractivity (Wildman–Crippen MR) is 91.5 cm³/mol. The Hall–Kier alpha value is -1.83. The van der Waals surface area contributed by atoms with Crippen LogP contribution in [0.2, 0.25) is 0 Å². The van der Waals surface area contributed by atoms with Gasteiger partial charge >= 0.3 is 5.97 Å². The SMILES string of the molecule is CN(CCCC(=O)OC(C)(C)C)C(=O)CNC(=O)c1ccc(Br)o1. The summed E-state index contributed by atoms with van der Waals surface area (Å²) < 4.78 is 10.7. The molecule has 1 heterocycles. The molecule has 134 valence electrons. The predicted octanol–water partition coefficient (Wildman–Crippen LogP) is 2.35. The van der Waals surface area contributed by atoms with Crippen molar-refractivity contribution in [1.82, 2.24) is 10.2 Å². The lowest BCUT2D eigenvalue weighted by atomic mass is 10.2. The molecule has 1 aromatic heterocycles. The number of carbonyl (C=O) groups excluding carboxylic acids is 3. The lowest BCUT2D eigenvalue weighted by molar-refractivity contribution is -0.155. The molecule has 0 bridgehead atoms. The van der Waals surface area contributed by atoms with Gasteiger partial charge in [-0.2, -0.15) is 0 Å². The first kappa shape index (κ1) is 20.2.